The van der Waals surface area contributed by atoms with Crippen molar-refractivity contribution in [3.8, 4) is 5.75 Å². The first-order valence-corrected chi connectivity index (χ1v) is 6.39. The standard InChI is InChI=1S/C14H22N2O/c1-11-3-4-13(12(2)14(11)17)5-8-16-9-6-15-7-10-16/h3-4,15,17H,5-10H2,1-2H3. The molecule has 0 amide bonds. The van der Waals surface area contributed by atoms with Crippen molar-refractivity contribution in [3.05, 3.63) is 28.8 Å². The molecule has 1 aliphatic heterocycles. The van der Waals surface area contributed by atoms with Gasteiger partial charge in [0.1, 0.15) is 5.75 Å². The normalized spacial score (nSPS) is 17.3. The third kappa shape index (κ3) is 2.99. The molecule has 2 rings (SSSR count). The van der Waals surface area contributed by atoms with E-state index in [4.69, 9.17) is 0 Å². The van der Waals surface area contributed by atoms with Crippen LogP contribution in [0.25, 0.3) is 0 Å². The topological polar surface area (TPSA) is 35.5 Å². The van der Waals surface area contributed by atoms with Gasteiger partial charge in [-0.05, 0) is 37.0 Å². The van der Waals surface area contributed by atoms with Gasteiger partial charge in [0.2, 0.25) is 0 Å². The van der Waals surface area contributed by atoms with E-state index in [0.29, 0.717) is 5.75 Å². The highest BCUT2D eigenvalue weighted by Gasteiger charge is 2.11. The molecule has 1 saturated heterocycles. The molecule has 0 aliphatic carbocycles. The molecule has 0 bridgehead atoms. The fourth-order valence-electron chi connectivity index (χ4n) is 2.36. The van der Waals surface area contributed by atoms with E-state index in [1.807, 2.05) is 19.9 Å². The van der Waals surface area contributed by atoms with Crippen molar-refractivity contribution in [2.45, 2.75) is 20.3 Å². The van der Waals surface area contributed by atoms with Gasteiger partial charge in [0, 0.05) is 32.7 Å². The Bertz CT molecular complexity index is 384. The highest BCUT2D eigenvalue weighted by Crippen LogP contribution is 2.24. The van der Waals surface area contributed by atoms with Gasteiger partial charge in [0.25, 0.3) is 0 Å². The first-order chi connectivity index (χ1) is 8.18. The summed E-state index contributed by atoms with van der Waals surface area (Å²) in [6, 6.07) is 4.15. The summed E-state index contributed by atoms with van der Waals surface area (Å²) in [7, 11) is 0. The molecule has 0 saturated carbocycles. The predicted molar refractivity (Wildman–Crippen MR) is 70.6 cm³/mol. The maximum atomic E-state index is 9.90. The van der Waals surface area contributed by atoms with E-state index >= 15 is 0 Å². The quantitative estimate of drug-likeness (QED) is 0.831. The number of hydrogen-bond donors (Lipinski definition) is 2. The number of phenols is 1. The number of nitrogens with zero attached hydrogens (tertiary/aromatic N) is 1. The molecule has 1 fully saturated rings. The van der Waals surface area contributed by atoms with Crippen molar-refractivity contribution in [1.29, 1.82) is 0 Å². The molecule has 1 aromatic carbocycles. The molecule has 1 aliphatic rings. The van der Waals surface area contributed by atoms with E-state index in [1.165, 1.54) is 5.56 Å². The number of nitrogens with one attached hydrogen (secondary N) is 1. The Morgan fingerprint density at radius 3 is 2.65 bits per heavy atom. The zero-order chi connectivity index (χ0) is 12.3. The molecule has 0 unspecified atom stereocenters. The Kier molecular flexibility index (Phi) is 4.02. The predicted octanol–water partition coefficient (Wildman–Crippen LogP) is 1.46. The van der Waals surface area contributed by atoms with Gasteiger partial charge in [0.05, 0.1) is 0 Å². The lowest BCUT2D eigenvalue weighted by atomic mass is 10.0. The highest BCUT2D eigenvalue weighted by atomic mass is 16.3. The van der Waals surface area contributed by atoms with Crippen molar-refractivity contribution < 1.29 is 5.11 Å². The third-order valence-corrected chi connectivity index (χ3v) is 3.65. The van der Waals surface area contributed by atoms with Crippen LogP contribution in [-0.4, -0.2) is 42.7 Å². The van der Waals surface area contributed by atoms with E-state index in [0.717, 1.165) is 50.3 Å². The Hall–Kier alpha value is -1.06. The minimum Gasteiger partial charge on any atom is -0.507 e. The average molecular weight is 234 g/mol. The number of aryl methyl sites for hydroxylation is 1. The fourth-order valence-corrected chi connectivity index (χ4v) is 2.36. The molecule has 94 valence electrons. The highest BCUT2D eigenvalue weighted by molar-refractivity contribution is 5.44. The van der Waals surface area contributed by atoms with E-state index in [9.17, 15) is 5.11 Å². The van der Waals surface area contributed by atoms with Crippen LogP contribution in [0.3, 0.4) is 0 Å². The van der Waals surface area contributed by atoms with Gasteiger partial charge in [0.15, 0.2) is 0 Å². The number of hydrogen-bond acceptors (Lipinski definition) is 3. The van der Waals surface area contributed by atoms with Crippen LogP contribution in [0, 0.1) is 13.8 Å². The maximum absolute atomic E-state index is 9.90. The number of phenolic OH excluding ortho intramolecular Hbond substituents is 1. The second-order valence-electron chi connectivity index (χ2n) is 4.86. The molecule has 0 radical (unpaired) electrons. The molecular weight excluding hydrogens is 212 g/mol. The smallest absolute Gasteiger partial charge is 0.121 e. The van der Waals surface area contributed by atoms with Crippen LogP contribution >= 0.6 is 0 Å². The molecule has 1 heterocycles. The van der Waals surface area contributed by atoms with Gasteiger partial charge in [-0.3, -0.25) is 0 Å². The van der Waals surface area contributed by atoms with Crippen LogP contribution in [0.4, 0.5) is 0 Å². The van der Waals surface area contributed by atoms with Crippen LogP contribution in [0.1, 0.15) is 16.7 Å². The Balaban J connectivity index is 1.96. The number of aromatic hydroxyl groups is 1. The second-order valence-corrected chi connectivity index (χ2v) is 4.86. The molecule has 3 nitrogen and oxygen atoms in total. The van der Waals surface area contributed by atoms with Crippen molar-refractivity contribution in [2.75, 3.05) is 32.7 Å². The van der Waals surface area contributed by atoms with Crippen LogP contribution < -0.4 is 5.32 Å². The number of rotatable bonds is 3. The Labute approximate surface area is 103 Å². The SMILES string of the molecule is Cc1ccc(CCN2CCNCC2)c(C)c1O. The van der Waals surface area contributed by atoms with Crippen molar-refractivity contribution >= 4 is 0 Å². The van der Waals surface area contributed by atoms with E-state index in [1.54, 1.807) is 0 Å². The van der Waals surface area contributed by atoms with Gasteiger partial charge >= 0.3 is 0 Å². The van der Waals surface area contributed by atoms with Gasteiger partial charge in [-0.15, -0.1) is 0 Å². The molecule has 0 spiro atoms. The molecule has 17 heavy (non-hydrogen) atoms. The first kappa shape index (κ1) is 12.4. The van der Waals surface area contributed by atoms with Gasteiger partial charge < -0.3 is 15.3 Å². The summed E-state index contributed by atoms with van der Waals surface area (Å²) in [5.41, 5.74) is 3.28. The second kappa shape index (κ2) is 5.52. The number of benzene rings is 1. The molecule has 3 heteroatoms. The third-order valence-electron chi connectivity index (χ3n) is 3.65. The van der Waals surface area contributed by atoms with Crippen molar-refractivity contribution in [2.24, 2.45) is 0 Å². The zero-order valence-corrected chi connectivity index (χ0v) is 10.8. The Morgan fingerprint density at radius 2 is 1.94 bits per heavy atom. The van der Waals surface area contributed by atoms with Gasteiger partial charge in [-0.1, -0.05) is 12.1 Å². The van der Waals surface area contributed by atoms with Crippen LogP contribution in [0.2, 0.25) is 0 Å². The van der Waals surface area contributed by atoms with Gasteiger partial charge in [-0.2, -0.15) is 0 Å². The van der Waals surface area contributed by atoms with E-state index in [-0.39, 0.29) is 0 Å². The molecule has 2 N–H and O–H groups in total. The molecule has 0 atom stereocenters. The lowest BCUT2D eigenvalue weighted by molar-refractivity contribution is 0.243. The summed E-state index contributed by atoms with van der Waals surface area (Å²) in [6.45, 7) is 9.51. The minimum absolute atomic E-state index is 0.461. The fraction of sp³-hybridized carbons (Fsp3) is 0.571. The summed E-state index contributed by atoms with van der Waals surface area (Å²) in [5, 5.41) is 13.3. The number of piperazine rings is 1. The van der Waals surface area contributed by atoms with Crippen molar-refractivity contribution in [1.82, 2.24) is 10.2 Å². The maximum Gasteiger partial charge on any atom is 0.121 e. The summed E-state index contributed by atoms with van der Waals surface area (Å²) >= 11 is 0. The molecular formula is C14H22N2O. The van der Waals surface area contributed by atoms with Gasteiger partial charge in [-0.25, -0.2) is 0 Å². The lowest BCUT2D eigenvalue weighted by Crippen LogP contribution is -2.44. The Morgan fingerprint density at radius 1 is 1.24 bits per heavy atom. The summed E-state index contributed by atoms with van der Waals surface area (Å²) in [5.74, 6) is 0.461. The van der Waals surface area contributed by atoms with Crippen LogP contribution in [-0.2, 0) is 6.42 Å². The van der Waals surface area contributed by atoms with Crippen molar-refractivity contribution in [3.63, 3.8) is 0 Å². The van der Waals surface area contributed by atoms with E-state index < -0.39 is 0 Å². The summed E-state index contributed by atoms with van der Waals surface area (Å²) in [4.78, 5) is 2.48. The minimum atomic E-state index is 0.461. The summed E-state index contributed by atoms with van der Waals surface area (Å²) < 4.78 is 0. The molecule has 1 aromatic rings. The average Bonchev–Trinajstić information content (AvgIpc) is 2.36. The molecule has 0 aromatic heterocycles. The van der Waals surface area contributed by atoms with Crippen LogP contribution in [0.15, 0.2) is 12.1 Å². The zero-order valence-electron chi connectivity index (χ0n) is 10.8. The van der Waals surface area contributed by atoms with E-state index in [2.05, 4.69) is 16.3 Å². The lowest BCUT2D eigenvalue weighted by Gasteiger charge is -2.27. The van der Waals surface area contributed by atoms with Crippen LogP contribution in [0.5, 0.6) is 5.75 Å². The summed E-state index contributed by atoms with van der Waals surface area (Å²) in [6.07, 6.45) is 1.03. The monoisotopic (exact) mass is 234 g/mol. The largest absolute Gasteiger partial charge is 0.507 e. The first-order valence-electron chi connectivity index (χ1n) is 6.39.